The lowest BCUT2D eigenvalue weighted by Gasteiger charge is -2.07. The van der Waals surface area contributed by atoms with Crippen molar-refractivity contribution in [3.63, 3.8) is 0 Å². The monoisotopic (exact) mass is 229 g/mol. The maximum absolute atomic E-state index is 5.86. The number of hydrogen-bond donors (Lipinski definition) is 1. The van der Waals surface area contributed by atoms with E-state index in [2.05, 4.69) is 10.2 Å². The molecule has 1 fully saturated rings. The topological polar surface area (TPSA) is 51.8 Å². The fraction of sp³-hybridized carbons (Fsp3) is 0.556. The maximum atomic E-state index is 5.86. The van der Waals surface area contributed by atoms with Crippen LogP contribution < -0.4 is 5.73 Å². The number of nitrogens with zero attached hydrogens (tertiary/aromatic N) is 2. The lowest BCUT2D eigenvalue weighted by Crippen LogP contribution is -2.06. The van der Waals surface area contributed by atoms with Gasteiger partial charge in [0, 0.05) is 11.7 Å². The molecule has 0 bridgehead atoms. The zero-order chi connectivity index (χ0) is 9.97. The fourth-order valence-electron chi connectivity index (χ4n) is 1.55. The molecular weight excluding hydrogens is 218 g/mol. The summed E-state index contributed by atoms with van der Waals surface area (Å²) in [7, 11) is 0. The fourth-order valence-corrected chi connectivity index (χ4v) is 3.01. The summed E-state index contributed by atoms with van der Waals surface area (Å²) >= 11 is 7.87. The Kier molecular flexibility index (Phi) is 3.13. The van der Waals surface area contributed by atoms with E-state index in [1.54, 1.807) is 0 Å². The molecule has 76 valence electrons. The molecule has 1 aliphatic rings. The second-order valence-electron chi connectivity index (χ2n) is 3.41. The van der Waals surface area contributed by atoms with Gasteiger partial charge in [0.15, 0.2) is 5.82 Å². The van der Waals surface area contributed by atoms with Crippen LogP contribution in [0, 0.1) is 0 Å². The normalized spacial score (nSPS) is 21.4. The molecule has 5 heteroatoms. The summed E-state index contributed by atoms with van der Waals surface area (Å²) in [5.41, 5.74) is 6.43. The summed E-state index contributed by atoms with van der Waals surface area (Å²) in [5, 5.41) is 9.03. The second kappa shape index (κ2) is 4.36. The van der Waals surface area contributed by atoms with Gasteiger partial charge in [-0.3, -0.25) is 0 Å². The number of rotatable bonds is 2. The van der Waals surface area contributed by atoms with E-state index in [-0.39, 0.29) is 0 Å². The second-order valence-corrected chi connectivity index (χ2v) is 5.22. The molecule has 0 saturated carbocycles. The van der Waals surface area contributed by atoms with E-state index in [9.17, 15) is 0 Å². The Balaban J connectivity index is 2.05. The number of aromatic nitrogens is 2. The Morgan fingerprint density at radius 2 is 2.43 bits per heavy atom. The van der Waals surface area contributed by atoms with Gasteiger partial charge in [-0.2, -0.15) is 16.9 Å². The third-order valence-corrected chi connectivity index (χ3v) is 3.99. The van der Waals surface area contributed by atoms with Crippen LogP contribution in [-0.2, 0) is 6.42 Å². The van der Waals surface area contributed by atoms with Gasteiger partial charge < -0.3 is 5.73 Å². The van der Waals surface area contributed by atoms with Crippen LogP contribution in [0.1, 0.15) is 18.5 Å². The first-order valence-electron chi connectivity index (χ1n) is 4.65. The van der Waals surface area contributed by atoms with Crippen LogP contribution in [0.4, 0.5) is 5.82 Å². The molecular formula is C9H12ClN3S. The van der Waals surface area contributed by atoms with Crippen molar-refractivity contribution in [1.82, 2.24) is 10.2 Å². The average molecular weight is 230 g/mol. The van der Waals surface area contributed by atoms with E-state index in [1.165, 1.54) is 18.6 Å². The van der Waals surface area contributed by atoms with Gasteiger partial charge in [0.25, 0.3) is 0 Å². The highest BCUT2D eigenvalue weighted by molar-refractivity contribution is 8.00. The molecule has 1 saturated heterocycles. The maximum Gasteiger partial charge on any atom is 0.164 e. The Hall–Kier alpha value is -0.480. The van der Waals surface area contributed by atoms with Crippen LogP contribution in [0.25, 0.3) is 0 Å². The Morgan fingerprint density at radius 1 is 1.57 bits per heavy atom. The summed E-state index contributed by atoms with van der Waals surface area (Å²) in [4.78, 5) is 0. The van der Waals surface area contributed by atoms with Crippen molar-refractivity contribution in [1.29, 1.82) is 0 Å². The molecule has 14 heavy (non-hydrogen) atoms. The SMILES string of the molecule is Nc1nnc(CC2CCCS2)cc1Cl. The molecule has 3 nitrogen and oxygen atoms in total. The smallest absolute Gasteiger partial charge is 0.164 e. The molecule has 0 aromatic carbocycles. The minimum atomic E-state index is 0.314. The number of hydrogen-bond acceptors (Lipinski definition) is 4. The molecule has 1 unspecified atom stereocenters. The number of nitrogen functional groups attached to an aromatic ring is 1. The van der Waals surface area contributed by atoms with E-state index in [0.29, 0.717) is 16.1 Å². The molecule has 1 aliphatic heterocycles. The number of anilines is 1. The van der Waals surface area contributed by atoms with Crippen LogP contribution in [0.5, 0.6) is 0 Å². The van der Waals surface area contributed by atoms with E-state index < -0.39 is 0 Å². The largest absolute Gasteiger partial charge is 0.381 e. The van der Waals surface area contributed by atoms with Crippen LogP contribution in [0.3, 0.4) is 0 Å². The molecule has 2 N–H and O–H groups in total. The summed E-state index contributed by atoms with van der Waals surface area (Å²) in [6, 6.07) is 1.82. The van der Waals surface area contributed by atoms with Gasteiger partial charge in [-0.15, -0.1) is 5.10 Å². The Bertz CT molecular complexity index is 326. The molecule has 0 amide bonds. The van der Waals surface area contributed by atoms with Crippen LogP contribution in [0.2, 0.25) is 5.02 Å². The van der Waals surface area contributed by atoms with Crippen molar-refractivity contribution < 1.29 is 0 Å². The zero-order valence-electron chi connectivity index (χ0n) is 7.74. The highest BCUT2D eigenvalue weighted by atomic mass is 35.5. The number of halogens is 1. The summed E-state index contributed by atoms with van der Waals surface area (Å²) < 4.78 is 0. The van der Waals surface area contributed by atoms with Gasteiger partial charge in [0.05, 0.1) is 10.7 Å². The Morgan fingerprint density at radius 3 is 3.07 bits per heavy atom. The molecule has 1 atom stereocenters. The van der Waals surface area contributed by atoms with Gasteiger partial charge in [-0.25, -0.2) is 0 Å². The lowest BCUT2D eigenvalue weighted by molar-refractivity contribution is 0.752. The predicted octanol–water partition coefficient (Wildman–Crippen LogP) is 2.15. The van der Waals surface area contributed by atoms with E-state index >= 15 is 0 Å². The molecule has 1 aromatic heterocycles. The highest BCUT2D eigenvalue weighted by Gasteiger charge is 2.17. The Labute approximate surface area is 92.4 Å². The molecule has 0 spiro atoms. The van der Waals surface area contributed by atoms with Crippen molar-refractivity contribution >= 4 is 29.2 Å². The van der Waals surface area contributed by atoms with Gasteiger partial charge in [0.1, 0.15) is 0 Å². The number of nitrogens with two attached hydrogens (primary N) is 1. The van der Waals surface area contributed by atoms with Gasteiger partial charge in [-0.1, -0.05) is 11.6 Å². The first-order valence-corrected chi connectivity index (χ1v) is 6.07. The van der Waals surface area contributed by atoms with Gasteiger partial charge in [-0.05, 0) is 24.7 Å². The van der Waals surface area contributed by atoms with E-state index in [4.69, 9.17) is 17.3 Å². The standard InChI is InChI=1S/C9H12ClN3S/c10-8-5-6(12-13-9(8)11)4-7-2-1-3-14-7/h5,7H,1-4H2,(H2,11,13). The van der Waals surface area contributed by atoms with Crippen LogP contribution >= 0.6 is 23.4 Å². The first-order chi connectivity index (χ1) is 6.75. The van der Waals surface area contributed by atoms with Gasteiger partial charge in [0.2, 0.25) is 0 Å². The molecule has 0 aliphatic carbocycles. The summed E-state index contributed by atoms with van der Waals surface area (Å²) in [6.45, 7) is 0. The van der Waals surface area contributed by atoms with Crippen molar-refractivity contribution in [2.45, 2.75) is 24.5 Å². The molecule has 1 aromatic rings. The third kappa shape index (κ3) is 2.30. The molecule has 0 radical (unpaired) electrons. The van der Waals surface area contributed by atoms with Crippen LogP contribution in [-0.4, -0.2) is 21.2 Å². The quantitative estimate of drug-likeness (QED) is 0.845. The molecule has 2 heterocycles. The minimum absolute atomic E-state index is 0.314. The van der Waals surface area contributed by atoms with Crippen LogP contribution in [0.15, 0.2) is 6.07 Å². The van der Waals surface area contributed by atoms with Gasteiger partial charge >= 0.3 is 0 Å². The lowest BCUT2D eigenvalue weighted by atomic mass is 10.1. The summed E-state index contributed by atoms with van der Waals surface area (Å²) in [5.74, 6) is 1.58. The number of thioether (sulfide) groups is 1. The average Bonchev–Trinajstić information content (AvgIpc) is 2.64. The predicted molar refractivity (Wildman–Crippen MR) is 60.6 cm³/mol. The van der Waals surface area contributed by atoms with Crippen molar-refractivity contribution in [2.75, 3.05) is 11.5 Å². The van der Waals surface area contributed by atoms with E-state index in [0.717, 1.165) is 12.1 Å². The summed E-state index contributed by atoms with van der Waals surface area (Å²) in [6.07, 6.45) is 3.54. The van der Waals surface area contributed by atoms with Crippen molar-refractivity contribution in [3.8, 4) is 0 Å². The third-order valence-electron chi connectivity index (χ3n) is 2.29. The minimum Gasteiger partial charge on any atom is -0.381 e. The first kappa shape index (κ1) is 10.1. The zero-order valence-corrected chi connectivity index (χ0v) is 9.31. The molecule has 2 rings (SSSR count). The van der Waals surface area contributed by atoms with Crippen molar-refractivity contribution in [3.05, 3.63) is 16.8 Å². The van der Waals surface area contributed by atoms with E-state index in [1.807, 2.05) is 17.8 Å². The highest BCUT2D eigenvalue weighted by Crippen LogP contribution is 2.29. The van der Waals surface area contributed by atoms with Crippen molar-refractivity contribution in [2.24, 2.45) is 0 Å².